The van der Waals surface area contributed by atoms with Crippen molar-refractivity contribution in [1.29, 1.82) is 0 Å². The van der Waals surface area contributed by atoms with Crippen LogP contribution < -0.4 is 10.6 Å². The molecule has 0 aliphatic rings. The largest absolute Gasteiger partial charge is 0.477 e. The van der Waals surface area contributed by atoms with Crippen LogP contribution in [0.2, 0.25) is 0 Å². The number of carboxylic acid groups (broad SMARTS) is 1. The summed E-state index contributed by atoms with van der Waals surface area (Å²) in [6.07, 6.45) is 0.929. The summed E-state index contributed by atoms with van der Waals surface area (Å²) >= 11 is 1.19. The zero-order valence-corrected chi connectivity index (χ0v) is 15.1. The molecule has 0 bridgehead atoms. The van der Waals surface area contributed by atoms with Crippen LogP contribution in [0.4, 0.5) is 16.2 Å². The highest BCUT2D eigenvalue weighted by Crippen LogP contribution is 2.35. The molecule has 128 valence electrons. The van der Waals surface area contributed by atoms with Gasteiger partial charge in [-0.15, -0.1) is 11.3 Å². The number of carboxylic acids is 1. The van der Waals surface area contributed by atoms with Gasteiger partial charge in [0.1, 0.15) is 4.88 Å². The molecule has 1 aromatic heterocycles. The van der Waals surface area contributed by atoms with Gasteiger partial charge in [-0.3, -0.25) is 0 Å². The first kappa shape index (κ1) is 18.0. The van der Waals surface area contributed by atoms with Crippen LogP contribution in [0.3, 0.4) is 0 Å². The number of hydrogen-bond acceptors (Lipinski definition) is 3. The van der Waals surface area contributed by atoms with Gasteiger partial charge >= 0.3 is 12.0 Å². The topological polar surface area (TPSA) is 78.4 Å². The van der Waals surface area contributed by atoms with E-state index in [0.29, 0.717) is 11.4 Å². The van der Waals surface area contributed by atoms with Gasteiger partial charge in [0, 0.05) is 10.6 Å². The molecule has 24 heavy (non-hydrogen) atoms. The van der Waals surface area contributed by atoms with E-state index in [0.717, 1.165) is 11.3 Å². The molecular weight excluding hydrogens is 324 g/mol. The van der Waals surface area contributed by atoms with Gasteiger partial charge in [-0.1, -0.05) is 39.8 Å². The summed E-state index contributed by atoms with van der Waals surface area (Å²) < 4.78 is 0. The Labute approximate surface area is 145 Å². The van der Waals surface area contributed by atoms with Crippen LogP contribution in [0.5, 0.6) is 0 Å². The maximum Gasteiger partial charge on any atom is 0.348 e. The number of aryl methyl sites for hydroxylation is 1. The normalized spacial score (nSPS) is 11.2. The number of rotatable bonds is 4. The highest BCUT2D eigenvalue weighted by molar-refractivity contribution is 7.14. The molecule has 0 unspecified atom stereocenters. The predicted molar refractivity (Wildman–Crippen MR) is 98.4 cm³/mol. The number of amides is 2. The third-order valence-corrected chi connectivity index (χ3v) is 5.08. The van der Waals surface area contributed by atoms with Gasteiger partial charge in [0.05, 0.1) is 5.69 Å². The molecule has 3 N–H and O–H groups in total. The van der Waals surface area contributed by atoms with Crippen LogP contribution in [0.15, 0.2) is 30.3 Å². The minimum Gasteiger partial charge on any atom is -0.477 e. The molecule has 2 aromatic rings. The number of aromatic carboxylic acids is 1. The van der Waals surface area contributed by atoms with E-state index in [-0.39, 0.29) is 10.3 Å². The summed E-state index contributed by atoms with van der Waals surface area (Å²) in [6, 6.07) is 8.81. The summed E-state index contributed by atoms with van der Waals surface area (Å²) in [4.78, 5) is 24.6. The van der Waals surface area contributed by atoms with Crippen molar-refractivity contribution in [3.8, 4) is 0 Å². The van der Waals surface area contributed by atoms with Crippen molar-refractivity contribution in [1.82, 2.24) is 0 Å². The SMILES string of the molecule is CCc1ccc(NC(=O)Nc2cc(C(C)(C)C)sc2C(=O)O)cc1. The Kier molecular flexibility index (Phi) is 5.29. The highest BCUT2D eigenvalue weighted by atomic mass is 32.1. The minimum absolute atomic E-state index is 0.136. The van der Waals surface area contributed by atoms with Gasteiger partial charge < -0.3 is 15.7 Å². The Morgan fingerprint density at radius 1 is 1.12 bits per heavy atom. The molecule has 2 rings (SSSR count). The lowest BCUT2D eigenvalue weighted by Crippen LogP contribution is -2.20. The molecule has 0 atom stereocenters. The molecule has 0 aliphatic heterocycles. The Hall–Kier alpha value is -2.34. The molecule has 5 nitrogen and oxygen atoms in total. The standard InChI is InChI=1S/C18H22N2O3S/c1-5-11-6-8-12(9-7-11)19-17(23)20-13-10-14(18(2,3)4)24-15(13)16(21)22/h6-10H,5H2,1-4H3,(H,21,22)(H2,19,20,23). The smallest absolute Gasteiger partial charge is 0.348 e. The number of benzene rings is 1. The summed E-state index contributed by atoms with van der Waals surface area (Å²) in [7, 11) is 0. The van der Waals surface area contributed by atoms with Gasteiger partial charge in [-0.05, 0) is 35.6 Å². The van der Waals surface area contributed by atoms with E-state index in [1.165, 1.54) is 16.9 Å². The van der Waals surface area contributed by atoms with E-state index in [2.05, 4.69) is 17.6 Å². The average Bonchev–Trinajstić information content (AvgIpc) is 2.92. The average molecular weight is 346 g/mol. The number of nitrogens with one attached hydrogen (secondary N) is 2. The van der Waals surface area contributed by atoms with Gasteiger partial charge in [0.15, 0.2) is 0 Å². The molecule has 1 aromatic carbocycles. The van der Waals surface area contributed by atoms with E-state index in [1.807, 2.05) is 45.0 Å². The maximum absolute atomic E-state index is 12.2. The van der Waals surface area contributed by atoms with Crippen molar-refractivity contribution in [2.24, 2.45) is 0 Å². The lowest BCUT2D eigenvalue weighted by Gasteiger charge is -2.15. The van der Waals surface area contributed by atoms with Gasteiger partial charge in [0.25, 0.3) is 0 Å². The first-order chi connectivity index (χ1) is 11.2. The molecule has 1 heterocycles. The van der Waals surface area contributed by atoms with Crippen LogP contribution in [0.25, 0.3) is 0 Å². The number of carbonyl (C=O) groups is 2. The second-order valence-electron chi connectivity index (χ2n) is 6.54. The zero-order valence-electron chi connectivity index (χ0n) is 14.3. The van der Waals surface area contributed by atoms with Crippen molar-refractivity contribution in [2.45, 2.75) is 39.5 Å². The van der Waals surface area contributed by atoms with Crippen molar-refractivity contribution >= 4 is 34.7 Å². The zero-order chi connectivity index (χ0) is 17.9. The molecule has 0 spiro atoms. The number of thiophene rings is 1. The van der Waals surface area contributed by atoms with Crippen LogP contribution in [-0.2, 0) is 11.8 Å². The predicted octanol–water partition coefficient (Wildman–Crippen LogP) is 4.95. The molecular formula is C18H22N2O3S. The number of urea groups is 1. The van der Waals surface area contributed by atoms with Crippen LogP contribution in [-0.4, -0.2) is 17.1 Å². The van der Waals surface area contributed by atoms with Crippen molar-refractivity contribution in [3.05, 3.63) is 45.6 Å². The second kappa shape index (κ2) is 7.05. The lowest BCUT2D eigenvalue weighted by atomic mass is 9.94. The number of anilines is 2. The van der Waals surface area contributed by atoms with Gasteiger partial charge in [-0.2, -0.15) is 0 Å². The Balaban J connectivity index is 2.15. The summed E-state index contributed by atoms with van der Waals surface area (Å²) in [5.74, 6) is -1.04. The van der Waals surface area contributed by atoms with E-state index < -0.39 is 12.0 Å². The summed E-state index contributed by atoms with van der Waals surface area (Å²) in [6.45, 7) is 8.07. The first-order valence-corrected chi connectivity index (χ1v) is 8.57. The van der Waals surface area contributed by atoms with Crippen molar-refractivity contribution in [2.75, 3.05) is 10.6 Å². The second-order valence-corrected chi connectivity index (χ2v) is 7.59. The highest BCUT2D eigenvalue weighted by Gasteiger charge is 2.23. The Morgan fingerprint density at radius 2 is 1.75 bits per heavy atom. The monoisotopic (exact) mass is 346 g/mol. The van der Waals surface area contributed by atoms with E-state index in [1.54, 1.807) is 6.07 Å². The molecule has 2 amide bonds. The van der Waals surface area contributed by atoms with Gasteiger partial charge in [0.2, 0.25) is 0 Å². The molecule has 0 radical (unpaired) electrons. The fourth-order valence-electron chi connectivity index (χ4n) is 2.12. The van der Waals surface area contributed by atoms with E-state index in [4.69, 9.17) is 0 Å². The maximum atomic E-state index is 12.2. The Morgan fingerprint density at radius 3 is 2.25 bits per heavy atom. The molecule has 0 fully saturated rings. The third-order valence-electron chi connectivity index (χ3n) is 3.53. The van der Waals surface area contributed by atoms with Gasteiger partial charge in [-0.25, -0.2) is 9.59 Å². The summed E-state index contributed by atoms with van der Waals surface area (Å²) in [5.41, 5.74) is 1.98. The number of hydrogen-bond donors (Lipinski definition) is 3. The fourth-order valence-corrected chi connectivity index (χ4v) is 3.13. The molecule has 0 saturated carbocycles. The van der Waals surface area contributed by atoms with Crippen LogP contribution in [0, 0.1) is 0 Å². The van der Waals surface area contributed by atoms with Crippen LogP contribution >= 0.6 is 11.3 Å². The first-order valence-electron chi connectivity index (χ1n) is 7.75. The number of carbonyl (C=O) groups excluding carboxylic acids is 1. The molecule has 0 saturated heterocycles. The van der Waals surface area contributed by atoms with Crippen molar-refractivity contribution in [3.63, 3.8) is 0 Å². The van der Waals surface area contributed by atoms with E-state index >= 15 is 0 Å². The van der Waals surface area contributed by atoms with E-state index in [9.17, 15) is 14.7 Å². The minimum atomic E-state index is -1.04. The Bertz CT molecular complexity index is 743. The van der Waals surface area contributed by atoms with Crippen LogP contribution in [0.1, 0.15) is 47.8 Å². The third kappa shape index (κ3) is 4.35. The molecule has 0 aliphatic carbocycles. The van der Waals surface area contributed by atoms with Crippen molar-refractivity contribution < 1.29 is 14.7 Å². The fraction of sp³-hybridized carbons (Fsp3) is 0.333. The quantitative estimate of drug-likeness (QED) is 0.733. The molecule has 6 heteroatoms. The lowest BCUT2D eigenvalue weighted by molar-refractivity contribution is 0.0703. The summed E-state index contributed by atoms with van der Waals surface area (Å²) in [5, 5.41) is 14.7.